The summed E-state index contributed by atoms with van der Waals surface area (Å²) in [6.45, 7) is 6.76. The molecule has 0 bridgehead atoms. The molecule has 1 aliphatic carbocycles. The third kappa shape index (κ3) is 2.61. The van der Waals surface area contributed by atoms with Crippen molar-refractivity contribution in [1.29, 1.82) is 0 Å². The maximum absolute atomic E-state index is 5.98. The predicted octanol–water partition coefficient (Wildman–Crippen LogP) is 2.16. The molecule has 0 saturated heterocycles. The molecule has 1 fully saturated rings. The van der Waals surface area contributed by atoms with Gasteiger partial charge < -0.3 is 5.73 Å². The standard InChI is InChI=1S/C13H24N2/c1-12-5-4-8-15(9-12)11-13(10-14)6-2-3-7-13/h5H,2-4,6-11,14H2,1H3. The normalized spacial score (nSPS) is 26.7. The van der Waals surface area contributed by atoms with E-state index in [0.29, 0.717) is 5.41 Å². The van der Waals surface area contributed by atoms with E-state index in [0.717, 1.165) is 6.54 Å². The molecule has 0 aromatic rings. The molecule has 0 radical (unpaired) electrons. The molecule has 0 unspecified atom stereocenters. The van der Waals surface area contributed by atoms with Crippen LogP contribution in [0.2, 0.25) is 0 Å². The van der Waals surface area contributed by atoms with Crippen LogP contribution in [0.25, 0.3) is 0 Å². The lowest BCUT2D eigenvalue weighted by molar-refractivity contribution is 0.165. The fourth-order valence-electron chi connectivity index (χ4n) is 3.15. The Morgan fingerprint density at radius 2 is 2.13 bits per heavy atom. The predicted molar refractivity (Wildman–Crippen MR) is 64.8 cm³/mol. The number of nitrogens with two attached hydrogens (primary N) is 1. The van der Waals surface area contributed by atoms with Crippen molar-refractivity contribution < 1.29 is 0 Å². The first-order valence-corrected chi connectivity index (χ1v) is 6.32. The minimum absolute atomic E-state index is 0.456. The largest absolute Gasteiger partial charge is 0.330 e. The fourth-order valence-corrected chi connectivity index (χ4v) is 3.15. The minimum Gasteiger partial charge on any atom is -0.330 e. The Labute approximate surface area is 93.5 Å². The molecule has 1 aliphatic heterocycles. The van der Waals surface area contributed by atoms with E-state index in [9.17, 15) is 0 Å². The first-order valence-electron chi connectivity index (χ1n) is 6.32. The van der Waals surface area contributed by atoms with Crippen molar-refractivity contribution in [2.45, 2.75) is 39.0 Å². The lowest BCUT2D eigenvalue weighted by Gasteiger charge is -2.36. The third-order valence-corrected chi connectivity index (χ3v) is 4.07. The quantitative estimate of drug-likeness (QED) is 0.720. The Morgan fingerprint density at radius 3 is 2.73 bits per heavy atom. The molecule has 0 spiro atoms. The molecule has 2 aliphatic rings. The van der Waals surface area contributed by atoms with Gasteiger partial charge in [0.1, 0.15) is 0 Å². The second-order valence-electron chi connectivity index (χ2n) is 5.46. The van der Waals surface area contributed by atoms with Gasteiger partial charge in [0.05, 0.1) is 0 Å². The third-order valence-electron chi connectivity index (χ3n) is 4.07. The van der Waals surface area contributed by atoms with Crippen LogP contribution in [-0.4, -0.2) is 31.1 Å². The van der Waals surface area contributed by atoms with Crippen LogP contribution in [0.5, 0.6) is 0 Å². The summed E-state index contributed by atoms with van der Waals surface area (Å²) in [6, 6.07) is 0. The summed E-state index contributed by atoms with van der Waals surface area (Å²) in [6.07, 6.45) is 9.08. The summed E-state index contributed by atoms with van der Waals surface area (Å²) in [5, 5.41) is 0. The van der Waals surface area contributed by atoms with E-state index in [2.05, 4.69) is 17.9 Å². The van der Waals surface area contributed by atoms with Crippen LogP contribution in [0.1, 0.15) is 39.0 Å². The van der Waals surface area contributed by atoms with Crippen LogP contribution in [0.4, 0.5) is 0 Å². The highest BCUT2D eigenvalue weighted by molar-refractivity contribution is 5.05. The van der Waals surface area contributed by atoms with Crippen molar-refractivity contribution >= 4 is 0 Å². The zero-order chi connectivity index (χ0) is 10.7. The maximum Gasteiger partial charge on any atom is 0.0190 e. The highest BCUT2D eigenvalue weighted by Gasteiger charge is 2.34. The number of hydrogen-bond acceptors (Lipinski definition) is 2. The highest BCUT2D eigenvalue weighted by atomic mass is 15.1. The number of rotatable bonds is 3. The van der Waals surface area contributed by atoms with Crippen LogP contribution < -0.4 is 5.73 Å². The summed E-state index contributed by atoms with van der Waals surface area (Å²) in [5.74, 6) is 0. The van der Waals surface area contributed by atoms with E-state index in [1.807, 2.05) is 0 Å². The highest BCUT2D eigenvalue weighted by Crippen LogP contribution is 2.38. The van der Waals surface area contributed by atoms with Crippen molar-refractivity contribution in [1.82, 2.24) is 4.90 Å². The summed E-state index contributed by atoms with van der Waals surface area (Å²) >= 11 is 0. The van der Waals surface area contributed by atoms with E-state index in [4.69, 9.17) is 5.73 Å². The van der Waals surface area contributed by atoms with E-state index >= 15 is 0 Å². The van der Waals surface area contributed by atoms with Gasteiger partial charge in [-0.1, -0.05) is 24.5 Å². The maximum atomic E-state index is 5.98. The number of hydrogen-bond donors (Lipinski definition) is 1. The van der Waals surface area contributed by atoms with Gasteiger partial charge in [0.15, 0.2) is 0 Å². The van der Waals surface area contributed by atoms with Gasteiger partial charge in [-0.2, -0.15) is 0 Å². The minimum atomic E-state index is 0.456. The van der Waals surface area contributed by atoms with E-state index < -0.39 is 0 Å². The van der Waals surface area contributed by atoms with Gasteiger partial charge >= 0.3 is 0 Å². The van der Waals surface area contributed by atoms with Crippen molar-refractivity contribution in [2.24, 2.45) is 11.1 Å². The molecule has 0 aromatic heterocycles. The first kappa shape index (κ1) is 11.2. The van der Waals surface area contributed by atoms with Crippen molar-refractivity contribution in [2.75, 3.05) is 26.2 Å². The summed E-state index contributed by atoms with van der Waals surface area (Å²) in [5.41, 5.74) is 7.97. The molecule has 1 saturated carbocycles. The van der Waals surface area contributed by atoms with E-state index in [-0.39, 0.29) is 0 Å². The summed E-state index contributed by atoms with van der Waals surface area (Å²) in [7, 11) is 0. The Morgan fingerprint density at radius 1 is 1.40 bits per heavy atom. The Balaban J connectivity index is 1.92. The second-order valence-corrected chi connectivity index (χ2v) is 5.46. The average Bonchev–Trinajstić information content (AvgIpc) is 2.67. The fraction of sp³-hybridized carbons (Fsp3) is 0.846. The number of nitrogens with zero attached hydrogens (tertiary/aromatic N) is 1. The Hall–Kier alpha value is -0.340. The molecule has 2 rings (SSSR count). The smallest absolute Gasteiger partial charge is 0.0190 e. The Kier molecular flexibility index (Phi) is 3.47. The topological polar surface area (TPSA) is 29.3 Å². The van der Waals surface area contributed by atoms with Crippen molar-refractivity contribution in [3.63, 3.8) is 0 Å². The molecule has 2 nitrogen and oxygen atoms in total. The van der Waals surface area contributed by atoms with Crippen LogP contribution >= 0.6 is 0 Å². The molecule has 2 heteroatoms. The first-order chi connectivity index (χ1) is 7.24. The molecule has 0 aromatic carbocycles. The van der Waals surface area contributed by atoms with Gasteiger partial charge in [0.25, 0.3) is 0 Å². The lowest BCUT2D eigenvalue weighted by atomic mass is 9.85. The van der Waals surface area contributed by atoms with Gasteiger partial charge in [-0.3, -0.25) is 4.90 Å². The molecule has 0 atom stereocenters. The molecular weight excluding hydrogens is 184 g/mol. The van der Waals surface area contributed by atoms with E-state index in [1.54, 1.807) is 0 Å². The molecule has 15 heavy (non-hydrogen) atoms. The molecule has 0 amide bonds. The summed E-state index contributed by atoms with van der Waals surface area (Å²) < 4.78 is 0. The van der Waals surface area contributed by atoms with Crippen LogP contribution in [0.3, 0.4) is 0 Å². The zero-order valence-corrected chi connectivity index (χ0v) is 9.97. The second kappa shape index (κ2) is 4.67. The molecule has 86 valence electrons. The van der Waals surface area contributed by atoms with Crippen molar-refractivity contribution in [3.05, 3.63) is 11.6 Å². The van der Waals surface area contributed by atoms with Crippen LogP contribution in [-0.2, 0) is 0 Å². The molecule has 1 heterocycles. The van der Waals surface area contributed by atoms with Gasteiger partial charge in [-0.15, -0.1) is 0 Å². The molecular formula is C13H24N2. The average molecular weight is 208 g/mol. The van der Waals surface area contributed by atoms with Gasteiger partial charge in [0.2, 0.25) is 0 Å². The Bertz CT molecular complexity index is 239. The van der Waals surface area contributed by atoms with Gasteiger partial charge in [-0.25, -0.2) is 0 Å². The SMILES string of the molecule is CC1=CCCN(CC2(CN)CCCC2)C1. The van der Waals surface area contributed by atoms with Gasteiger partial charge in [0, 0.05) is 19.6 Å². The molecule has 2 N–H and O–H groups in total. The zero-order valence-electron chi connectivity index (χ0n) is 9.97. The van der Waals surface area contributed by atoms with Gasteiger partial charge in [-0.05, 0) is 38.1 Å². The lowest BCUT2D eigenvalue weighted by Crippen LogP contribution is -2.42. The van der Waals surface area contributed by atoms with Crippen LogP contribution in [0, 0.1) is 5.41 Å². The van der Waals surface area contributed by atoms with Crippen LogP contribution in [0.15, 0.2) is 11.6 Å². The summed E-state index contributed by atoms with van der Waals surface area (Å²) in [4.78, 5) is 2.60. The van der Waals surface area contributed by atoms with E-state index in [1.165, 1.54) is 57.3 Å². The monoisotopic (exact) mass is 208 g/mol. The van der Waals surface area contributed by atoms with Crippen molar-refractivity contribution in [3.8, 4) is 0 Å².